The van der Waals surface area contributed by atoms with Gasteiger partial charge in [-0.3, -0.25) is 4.79 Å². The van der Waals surface area contributed by atoms with Crippen LogP contribution in [0.4, 0.5) is 5.69 Å². The standard InChI is InChI=1S/C14H15N3O3S2/c1-3-20-13(19)10-6-4-5-7-11(10)15-12(18)8-21-14-17-16-9(2)22-14/h4-7H,3,8H2,1-2H3,(H,15,18). The zero-order chi connectivity index (χ0) is 15.9. The van der Waals surface area contributed by atoms with Crippen molar-refractivity contribution in [3.63, 3.8) is 0 Å². The number of aryl methyl sites for hydroxylation is 1. The quantitative estimate of drug-likeness (QED) is 0.645. The first-order valence-electron chi connectivity index (χ1n) is 6.59. The second-order valence-electron chi connectivity index (χ2n) is 4.19. The zero-order valence-electron chi connectivity index (χ0n) is 12.2. The Morgan fingerprint density at radius 3 is 2.77 bits per heavy atom. The van der Waals surface area contributed by atoms with E-state index in [4.69, 9.17) is 4.74 Å². The molecule has 116 valence electrons. The number of carbonyl (C=O) groups is 2. The van der Waals surface area contributed by atoms with E-state index in [9.17, 15) is 9.59 Å². The normalized spacial score (nSPS) is 10.3. The first-order chi connectivity index (χ1) is 10.6. The van der Waals surface area contributed by atoms with Crippen LogP contribution in [0.5, 0.6) is 0 Å². The van der Waals surface area contributed by atoms with Gasteiger partial charge in [0.05, 0.1) is 23.6 Å². The van der Waals surface area contributed by atoms with Crippen molar-refractivity contribution in [2.45, 2.75) is 18.2 Å². The third kappa shape index (κ3) is 4.54. The highest BCUT2D eigenvalue weighted by Gasteiger charge is 2.14. The minimum atomic E-state index is -0.453. The number of nitrogens with zero attached hydrogens (tertiary/aromatic N) is 2. The topological polar surface area (TPSA) is 81.2 Å². The monoisotopic (exact) mass is 337 g/mol. The van der Waals surface area contributed by atoms with Gasteiger partial charge in [-0.15, -0.1) is 10.2 Å². The minimum Gasteiger partial charge on any atom is -0.462 e. The summed E-state index contributed by atoms with van der Waals surface area (Å²) in [6, 6.07) is 6.76. The third-order valence-corrected chi connectivity index (χ3v) is 4.50. The number of thioether (sulfide) groups is 1. The summed E-state index contributed by atoms with van der Waals surface area (Å²) >= 11 is 2.75. The number of para-hydroxylation sites is 1. The molecule has 0 spiro atoms. The van der Waals surface area contributed by atoms with Crippen LogP contribution >= 0.6 is 23.1 Å². The number of amides is 1. The molecule has 0 bridgehead atoms. The van der Waals surface area contributed by atoms with Gasteiger partial charge in [0, 0.05) is 0 Å². The average Bonchev–Trinajstić information content (AvgIpc) is 2.91. The predicted molar refractivity (Wildman–Crippen MR) is 86.4 cm³/mol. The van der Waals surface area contributed by atoms with Gasteiger partial charge in [0.25, 0.3) is 0 Å². The smallest absolute Gasteiger partial charge is 0.340 e. The van der Waals surface area contributed by atoms with Crippen molar-refractivity contribution < 1.29 is 14.3 Å². The van der Waals surface area contributed by atoms with Gasteiger partial charge in [0.1, 0.15) is 5.01 Å². The number of aromatic nitrogens is 2. The predicted octanol–water partition coefficient (Wildman–Crippen LogP) is 2.75. The Kier molecular flexibility index (Phi) is 5.91. The summed E-state index contributed by atoms with van der Waals surface area (Å²) in [7, 11) is 0. The zero-order valence-corrected chi connectivity index (χ0v) is 13.8. The summed E-state index contributed by atoms with van der Waals surface area (Å²) in [5.41, 5.74) is 0.787. The van der Waals surface area contributed by atoms with E-state index in [2.05, 4.69) is 15.5 Å². The second-order valence-corrected chi connectivity index (χ2v) is 6.59. The van der Waals surface area contributed by atoms with E-state index in [1.54, 1.807) is 31.2 Å². The molecule has 22 heavy (non-hydrogen) atoms. The maximum atomic E-state index is 12.0. The molecule has 0 fully saturated rings. The molecule has 8 heteroatoms. The molecule has 1 N–H and O–H groups in total. The molecule has 1 aromatic carbocycles. The van der Waals surface area contributed by atoms with Crippen LogP contribution < -0.4 is 5.32 Å². The van der Waals surface area contributed by atoms with Gasteiger partial charge in [-0.2, -0.15) is 0 Å². The van der Waals surface area contributed by atoms with E-state index in [-0.39, 0.29) is 18.3 Å². The van der Waals surface area contributed by atoms with Crippen molar-refractivity contribution in [2.75, 3.05) is 17.7 Å². The first-order valence-corrected chi connectivity index (χ1v) is 8.39. The van der Waals surface area contributed by atoms with Gasteiger partial charge >= 0.3 is 5.97 Å². The molecule has 6 nitrogen and oxygen atoms in total. The highest BCUT2D eigenvalue weighted by molar-refractivity contribution is 8.01. The summed E-state index contributed by atoms with van der Waals surface area (Å²) < 4.78 is 5.71. The molecule has 0 unspecified atom stereocenters. The number of ether oxygens (including phenoxy) is 1. The Labute approximate surface area is 136 Å². The van der Waals surface area contributed by atoms with E-state index < -0.39 is 5.97 Å². The van der Waals surface area contributed by atoms with Gasteiger partial charge in [0.2, 0.25) is 5.91 Å². The second kappa shape index (κ2) is 7.90. The van der Waals surface area contributed by atoms with Crippen molar-refractivity contribution in [1.82, 2.24) is 10.2 Å². The largest absolute Gasteiger partial charge is 0.462 e. The lowest BCUT2D eigenvalue weighted by atomic mass is 10.2. The van der Waals surface area contributed by atoms with E-state index >= 15 is 0 Å². The molecule has 2 aromatic rings. The van der Waals surface area contributed by atoms with Crippen LogP contribution in [0.1, 0.15) is 22.3 Å². The maximum Gasteiger partial charge on any atom is 0.340 e. The lowest BCUT2D eigenvalue weighted by Crippen LogP contribution is -2.17. The van der Waals surface area contributed by atoms with Crippen LogP contribution in [-0.2, 0) is 9.53 Å². The van der Waals surface area contributed by atoms with Crippen molar-refractivity contribution in [3.05, 3.63) is 34.8 Å². The SMILES string of the molecule is CCOC(=O)c1ccccc1NC(=O)CSc1nnc(C)s1. The molecule has 0 saturated carbocycles. The molecule has 0 atom stereocenters. The van der Waals surface area contributed by atoms with Gasteiger partial charge in [-0.05, 0) is 26.0 Å². The molecule has 0 aliphatic carbocycles. The molecule has 0 radical (unpaired) electrons. The lowest BCUT2D eigenvalue weighted by Gasteiger charge is -2.09. The molecule has 2 rings (SSSR count). The summed E-state index contributed by atoms with van der Waals surface area (Å²) in [5, 5.41) is 11.4. The maximum absolute atomic E-state index is 12.0. The minimum absolute atomic E-state index is 0.200. The van der Waals surface area contributed by atoms with Gasteiger partial charge < -0.3 is 10.1 Å². The van der Waals surface area contributed by atoms with E-state index in [1.165, 1.54) is 23.1 Å². The fourth-order valence-corrected chi connectivity index (χ4v) is 3.24. The molecule has 1 heterocycles. The fraction of sp³-hybridized carbons (Fsp3) is 0.286. The van der Waals surface area contributed by atoms with Crippen molar-refractivity contribution in [3.8, 4) is 0 Å². The molecule has 0 saturated heterocycles. The summed E-state index contributed by atoms with van der Waals surface area (Å²) in [4.78, 5) is 23.8. The van der Waals surface area contributed by atoms with Gasteiger partial charge in [0.15, 0.2) is 4.34 Å². The molecule has 1 aromatic heterocycles. The number of hydrogen-bond acceptors (Lipinski definition) is 7. The van der Waals surface area contributed by atoms with E-state index in [0.717, 1.165) is 9.35 Å². The number of nitrogens with one attached hydrogen (secondary N) is 1. The Morgan fingerprint density at radius 1 is 1.32 bits per heavy atom. The third-order valence-electron chi connectivity index (χ3n) is 2.53. The summed E-state index contributed by atoms with van der Waals surface area (Å²) in [5.74, 6) is -0.466. The molecular weight excluding hydrogens is 322 g/mol. The van der Waals surface area contributed by atoms with Crippen LogP contribution in [0.15, 0.2) is 28.6 Å². The Hall–Kier alpha value is -1.93. The Bertz CT molecular complexity index is 673. The van der Waals surface area contributed by atoms with Crippen molar-refractivity contribution >= 4 is 40.7 Å². The number of esters is 1. The lowest BCUT2D eigenvalue weighted by molar-refractivity contribution is -0.113. The number of anilines is 1. The van der Waals surface area contributed by atoms with Crippen molar-refractivity contribution in [2.24, 2.45) is 0 Å². The molecule has 1 amide bonds. The van der Waals surface area contributed by atoms with Crippen LogP contribution in [0, 0.1) is 6.92 Å². The fourth-order valence-electron chi connectivity index (χ4n) is 1.63. The van der Waals surface area contributed by atoms with Crippen molar-refractivity contribution in [1.29, 1.82) is 0 Å². The highest BCUT2D eigenvalue weighted by Crippen LogP contribution is 2.22. The average molecular weight is 337 g/mol. The van der Waals surface area contributed by atoms with Crippen LogP contribution in [0.3, 0.4) is 0 Å². The van der Waals surface area contributed by atoms with Crippen LogP contribution in [0.2, 0.25) is 0 Å². The van der Waals surface area contributed by atoms with E-state index in [1.807, 2.05) is 6.92 Å². The summed E-state index contributed by atoms with van der Waals surface area (Å²) in [6.45, 7) is 3.88. The molecular formula is C14H15N3O3S2. The van der Waals surface area contributed by atoms with Crippen LogP contribution in [-0.4, -0.2) is 34.4 Å². The van der Waals surface area contributed by atoms with Crippen LogP contribution in [0.25, 0.3) is 0 Å². The number of hydrogen-bond donors (Lipinski definition) is 1. The number of carbonyl (C=O) groups excluding carboxylic acids is 2. The molecule has 0 aliphatic heterocycles. The number of benzene rings is 1. The van der Waals surface area contributed by atoms with E-state index in [0.29, 0.717) is 11.3 Å². The highest BCUT2D eigenvalue weighted by atomic mass is 32.2. The first kappa shape index (κ1) is 16.4. The Morgan fingerprint density at radius 2 is 2.09 bits per heavy atom. The molecule has 0 aliphatic rings. The number of rotatable bonds is 6. The van der Waals surface area contributed by atoms with Gasteiger partial charge in [-0.25, -0.2) is 4.79 Å². The summed E-state index contributed by atoms with van der Waals surface area (Å²) in [6.07, 6.45) is 0. The Balaban J connectivity index is 1.97. The van der Waals surface area contributed by atoms with Gasteiger partial charge in [-0.1, -0.05) is 35.2 Å².